The van der Waals surface area contributed by atoms with Crippen molar-refractivity contribution in [2.45, 2.75) is 25.8 Å². The van der Waals surface area contributed by atoms with Crippen LogP contribution in [0.5, 0.6) is 5.75 Å². The van der Waals surface area contributed by atoms with E-state index in [1.807, 2.05) is 35.7 Å². The Morgan fingerprint density at radius 2 is 1.84 bits per heavy atom. The van der Waals surface area contributed by atoms with Crippen LogP contribution in [0.1, 0.15) is 39.5 Å². The summed E-state index contributed by atoms with van der Waals surface area (Å²) in [6.45, 7) is 3.81. The van der Waals surface area contributed by atoms with Gasteiger partial charge in [0, 0.05) is 24.9 Å². The Morgan fingerprint density at radius 1 is 1.10 bits per heavy atom. The number of hydrogen-bond donors (Lipinski definition) is 1. The number of ether oxygens (including phenoxy) is 1. The van der Waals surface area contributed by atoms with Crippen LogP contribution in [-0.4, -0.2) is 42.5 Å². The Labute approximate surface area is 188 Å². The number of aromatic nitrogens is 1. The molecule has 5 nitrogen and oxygen atoms in total. The lowest BCUT2D eigenvalue weighted by atomic mass is 9.96. The summed E-state index contributed by atoms with van der Waals surface area (Å²) in [6, 6.07) is 18.5. The predicted octanol–water partition coefficient (Wildman–Crippen LogP) is 4.38. The van der Waals surface area contributed by atoms with Crippen LogP contribution in [-0.2, 0) is 13.0 Å². The van der Waals surface area contributed by atoms with E-state index in [0.717, 1.165) is 56.2 Å². The smallest absolute Gasteiger partial charge is 0.270 e. The molecule has 162 valence electrons. The average molecular weight is 436 g/mol. The number of carbonyl (C=O) groups excluding carboxylic acids is 1. The fourth-order valence-electron chi connectivity index (χ4n) is 3.93. The molecule has 0 aliphatic carbocycles. The molecule has 0 saturated carbocycles. The number of carbonyl (C=O) groups is 1. The van der Waals surface area contributed by atoms with Gasteiger partial charge in [-0.15, -0.1) is 11.3 Å². The Kier molecular flexibility index (Phi) is 7.33. The molecule has 2 aromatic carbocycles. The summed E-state index contributed by atoms with van der Waals surface area (Å²) in [4.78, 5) is 19.5. The van der Waals surface area contributed by atoms with Gasteiger partial charge in [-0.05, 0) is 55.1 Å². The molecule has 3 aromatic rings. The van der Waals surface area contributed by atoms with Crippen LogP contribution in [0.3, 0.4) is 0 Å². The van der Waals surface area contributed by atoms with Gasteiger partial charge in [-0.3, -0.25) is 9.69 Å². The van der Waals surface area contributed by atoms with Crippen LogP contribution >= 0.6 is 11.3 Å². The summed E-state index contributed by atoms with van der Waals surface area (Å²) in [5.74, 6) is 1.36. The number of benzene rings is 2. The van der Waals surface area contributed by atoms with Gasteiger partial charge in [-0.2, -0.15) is 0 Å². The highest BCUT2D eigenvalue weighted by atomic mass is 32.1. The second-order valence-corrected chi connectivity index (χ2v) is 9.01. The first-order chi connectivity index (χ1) is 15.2. The van der Waals surface area contributed by atoms with Crippen LogP contribution in [0.25, 0.3) is 0 Å². The molecule has 1 saturated heterocycles. The third-order valence-electron chi connectivity index (χ3n) is 5.81. The predicted molar refractivity (Wildman–Crippen MR) is 125 cm³/mol. The summed E-state index contributed by atoms with van der Waals surface area (Å²) >= 11 is 1.55. The molecule has 1 N–H and O–H groups in total. The Balaban J connectivity index is 1.19. The van der Waals surface area contributed by atoms with E-state index >= 15 is 0 Å². The highest BCUT2D eigenvalue weighted by Gasteiger charge is 2.20. The number of nitrogens with one attached hydrogen (secondary N) is 1. The van der Waals surface area contributed by atoms with E-state index in [1.54, 1.807) is 18.4 Å². The minimum atomic E-state index is -0.0591. The van der Waals surface area contributed by atoms with Gasteiger partial charge in [-0.25, -0.2) is 4.98 Å². The molecule has 31 heavy (non-hydrogen) atoms. The molecule has 6 heteroatoms. The lowest BCUT2D eigenvalue weighted by molar-refractivity contribution is 0.0930. The number of thiazole rings is 1. The average Bonchev–Trinajstić information content (AvgIpc) is 3.28. The van der Waals surface area contributed by atoms with Gasteiger partial charge in [-0.1, -0.05) is 42.5 Å². The monoisotopic (exact) mass is 435 g/mol. The third-order valence-corrected chi connectivity index (χ3v) is 6.66. The Bertz CT molecular complexity index is 964. The zero-order chi connectivity index (χ0) is 21.5. The minimum Gasteiger partial charge on any atom is -0.497 e. The second-order valence-electron chi connectivity index (χ2n) is 8.07. The van der Waals surface area contributed by atoms with Crippen LogP contribution in [0.15, 0.2) is 60.0 Å². The first-order valence-corrected chi connectivity index (χ1v) is 11.7. The SMILES string of the molecule is COc1ccc(CN2CCC(CNC(=O)c3csc(Cc4ccccc4)n3)CC2)cc1. The van der Waals surface area contributed by atoms with Crippen molar-refractivity contribution >= 4 is 17.2 Å². The molecular formula is C25H29N3O2S. The van der Waals surface area contributed by atoms with Crippen molar-refractivity contribution in [3.05, 3.63) is 81.8 Å². The van der Waals surface area contributed by atoms with Gasteiger partial charge >= 0.3 is 0 Å². The number of methoxy groups -OCH3 is 1. The van der Waals surface area contributed by atoms with Gasteiger partial charge in [0.1, 0.15) is 11.4 Å². The van der Waals surface area contributed by atoms with Crippen molar-refractivity contribution in [2.75, 3.05) is 26.7 Å². The molecule has 1 amide bonds. The van der Waals surface area contributed by atoms with Gasteiger partial charge in [0.2, 0.25) is 0 Å². The van der Waals surface area contributed by atoms with Crippen LogP contribution < -0.4 is 10.1 Å². The summed E-state index contributed by atoms with van der Waals surface area (Å²) in [5, 5.41) is 5.94. The van der Waals surface area contributed by atoms with Crippen LogP contribution in [0.2, 0.25) is 0 Å². The molecule has 1 aliphatic heterocycles. The zero-order valence-corrected chi connectivity index (χ0v) is 18.7. The molecular weight excluding hydrogens is 406 g/mol. The van der Waals surface area contributed by atoms with E-state index < -0.39 is 0 Å². The molecule has 2 heterocycles. The van der Waals surface area contributed by atoms with Crippen molar-refractivity contribution in [3.63, 3.8) is 0 Å². The van der Waals surface area contributed by atoms with Gasteiger partial charge < -0.3 is 10.1 Å². The number of nitrogens with zero attached hydrogens (tertiary/aromatic N) is 2. The molecule has 4 rings (SSSR count). The molecule has 1 fully saturated rings. The number of likely N-dealkylation sites (tertiary alicyclic amines) is 1. The fourth-order valence-corrected chi connectivity index (χ4v) is 4.74. The van der Waals surface area contributed by atoms with Crippen molar-refractivity contribution in [1.29, 1.82) is 0 Å². The molecule has 0 atom stereocenters. The quantitative estimate of drug-likeness (QED) is 0.570. The zero-order valence-electron chi connectivity index (χ0n) is 17.9. The van der Waals surface area contributed by atoms with E-state index in [1.165, 1.54) is 11.1 Å². The number of piperidine rings is 1. The third kappa shape index (κ3) is 6.15. The molecule has 0 unspecified atom stereocenters. The minimum absolute atomic E-state index is 0.0591. The van der Waals surface area contributed by atoms with E-state index in [9.17, 15) is 4.79 Å². The largest absolute Gasteiger partial charge is 0.497 e. The standard InChI is InChI=1S/C25H29N3O2S/c1-30-22-9-7-21(8-10-22)17-28-13-11-20(12-14-28)16-26-25(29)23-18-31-24(27-23)15-19-5-3-2-4-6-19/h2-10,18,20H,11-17H2,1H3,(H,26,29). The summed E-state index contributed by atoms with van der Waals surface area (Å²) in [5.41, 5.74) is 3.06. The lowest BCUT2D eigenvalue weighted by Gasteiger charge is -2.32. The maximum Gasteiger partial charge on any atom is 0.270 e. The van der Waals surface area contributed by atoms with Crippen molar-refractivity contribution in [2.24, 2.45) is 5.92 Å². The van der Waals surface area contributed by atoms with Gasteiger partial charge in [0.15, 0.2) is 0 Å². The topological polar surface area (TPSA) is 54.5 Å². The van der Waals surface area contributed by atoms with Gasteiger partial charge in [0.05, 0.1) is 12.1 Å². The van der Waals surface area contributed by atoms with Crippen molar-refractivity contribution in [3.8, 4) is 5.75 Å². The Hall–Kier alpha value is -2.70. The molecule has 0 spiro atoms. The second kappa shape index (κ2) is 10.6. The number of hydrogen-bond acceptors (Lipinski definition) is 5. The fraction of sp³-hybridized carbons (Fsp3) is 0.360. The molecule has 0 radical (unpaired) electrons. The van der Waals surface area contributed by atoms with Gasteiger partial charge in [0.25, 0.3) is 5.91 Å². The molecule has 1 aromatic heterocycles. The normalized spacial score (nSPS) is 15.0. The van der Waals surface area contributed by atoms with E-state index in [0.29, 0.717) is 11.6 Å². The highest BCUT2D eigenvalue weighted by Crippen LogP contribution is 2.20. The van der Waals surface area contributed by atoms with E-state index in [4.69, 9.17) is 4.74 Å². The van der Waals surface area contributed by atoms with Crippen LogP contribution in [0, 0.1) is 5.92 Å². The summed E-state index contributed by atoms with van der Waals surface area (Å²) < 4.78 is 5.23. The lowest BCUT2D eigenvalue weighted by Crippen LogP contribution is -2.38. The first kappa shape index (κ1) is 21.5. The van der Waals surface area contributed by atoms with Crippen molar-refractivity contribution in [1.82, 2.24) is 15.2 Å². The number of rotatable bonds is 8. The molecule has 1 aliphatic rings. The highest BCUT2D eigenvalue weighted by molar-refractivity contribution is 7.09. The van der Waals surface area contributed by atoms with E-state index in [2.05, 4.69) is 39.5 Å². The summed E-state index contributed by atoms with van der Waals surface area (Å²) in [6.07, 6.45) is 2.98. The van der Waals surface area contributed by atoms with Crippen LogP contribution in [0.4, 0.5) is 0 Å². The van der Waals surface area contributed by atoms with E-state index in [-0.39, 0.29) is 5.91 Å². The maximum atomic E-state index is 12.5. The number of amides is 1. The first-order valence-electron chi connectivity index (χ1n) is 10.8. The molecule has 0 bridgehead atoms. The Morgan fingerprint density at radius 3 is 2.55 bits per heavy atom. The maximum absolute atomic E-state index is 12.5. The van der Waals surface area contributed by atoms with Crippen molar-refractivity contribution < 1.29 is 9.53 Å². The summed E-state index contributed by atoms with van der Waals surface area (Å²) in [7, 11) is 1.69.